The molecule has 0 aromatic heterocycles. The summed E-state index contributed by atoms with van der Waals surface area (Å²) in [6.45, 7) is 0.739. The molecule has 5 heteroatoms. The summed E-state index contributed by atoms with van der Waals surface area (Å²) in [5, 5.41) is 3.20. The van der Waals surface area contributed by atoms with Gasteiger partial charge in [0.05, 0.1) is 19.3 Å². The molecular weight excluding hydrogens is 310 g/mol. The van der Waals surface area contributed by atoms with Gasteiger partial charge in [0.15, 0.2) is 5.78 Å². The number of hydrogen-bond donors (Lipinski definition) is 1. The van der Waals surface area contributed by atoms with Crippen molar-refractivity contribution in [2.75, 3.05) is 20.8 Å². The Kier molecular flexibility index (Phi) is 4.96. The van der Waals surface area contributed by atoms with Gasteiger partial charge in [-0.25, -0.2) is 0 Å². The maximum Gasteiger partial charge on any atom is 0.154 e. The molecule has 1 aliphatic rings. The molecule has 2 unspecified atom stereocenters. The van der Waals surface area contributed by atoms with Crippen molar-refractivity contribution >= 4 is 21.7 Å². The summed E-state index contributed by atoms with van der Waals surface area (Å²) in [6.07, 6.45) is 1.25. The van der Waals surface area contributed by atoms with Crippen LogP contribution in [0.15, 0.2) is 22.7 Å². The molecule has 2 rings (SSSR count). The maximum absolute atomic E-state index is 12.3. The van der Waals surface area contributed by atoms with Gasteiger partial charge < -0.3 is 14.8 Å². The quantitative estimate of drug-likeness (QED) is 0.897. The van der Waals surface area contributed by atoms with Gasteiger partial charge in [0.25, 0.3) is 0 Å². The number of carbonyl (C=O) groups excluding carboxylic acids is 1. The third kappa shape index (κ3) is 3.55. The van der Waals surface area contributed by atoms with E-state index in [0.29, 0.717) is 6.42 Å². The van der Waals surface area contributed by atoms with Crippen LogP contribution in [-0.2, 0) is 16.0 Å². The smallest absolute Gasteiger partial charge is 0.154 e. The molecule has 0 aliphatic carbocycles. The molecule has 19 heavy (non-hydrogen) atoms. The Hall–Kier alpha value is -0.910. The average Bonchev–Trinajstić information content (AvgIpc) is 2.88. The Morgan fingerprint density at radius 1 is 1.47 bits per heavy atom. The number of ether oxygens (including phenoxy) is 2. The summed E-state index contributed by atoms with van der Waals surface area (Å²) < 4.78 is 11.5. The monoisotopic (exact) mass is 327 g/mol. The number of methoxy groups -OCH3 is 2. The molecule has 1 aromatic rings. The number of nitrogens with one attached hydrogen (secondary N) is 1. The molecule has 0 bridgehead atoms. The minimum absolute atomic E-state index is 0.117. The van der Waals surface area contributed by atoms with Crippen molar-refractivity contribution in [3.8, 4) is 5.75 Å². The standard InChI is InChI=1S/C14H18BrNO3/c1-18-11-7-12(16-8-11)13(17)6-9-5-10(15)3-4-14(9)19-2/h3-5,11-12,16H,6-8H2,1-2H3. The van der Waals surface area contributed by atoms with Gasteiger partial charge in [0, 0.05) is 30.1 Å². The van der Waals surface area contributed by atoms with Gasteiger partial charge in [-0.15, -0.1) is 0 Å². The zero-order chi connectivity index (χ0) is 13.8. The first-order chi connectivity index (χ1) is 9.13. The molecule has 0 amide bonds. The average molecular weight is 328 g/mol. The van der Waals surface area contributed by atoms with Crippen LogP contribution < -0.4 is 10.1 Å². The van der Waals surface area contributed by atoms with Gasteiger partial charge in [0.2, 0.25) is 0 Å². The van der Waals surface area contributed by atoms with Crippen LogP contribution in [0.25, 0.3) is 0 Å². The van der Waals surface area contributed by atoms with Crippen LogP contribution >= 0.6 is 15.9 Å². The Morgan fingerprint density at radius 3 is 2.89 bits per heavy atom. The summed E-state index contributed by atoms with van der Waals surface area (Å²) in [4.78, 5) is 12.3. The maximum atomic E-state index is 12.3. The minimum Gasteiger partial charge on any atom is -0.496 e. The molecule has 104 valence electrons. The largest absolute Gasteiger partial charge is 0.496 e. The van der Waals surface area contributed by atoms with Crippen molar-refractivity contribution in [2.24, 2.45) is 0 Å². The third-order valence-corrected chi connectivity index (χ3v) is 3.91. The highest BCUT2D eigenvalue weighted by atomic mass is 79.9. The molecule has 4 nitrogen and oxygen atoms in total. The molecule has 1 fully saturated rings. The van der Waals surface area contributed by atoms with Crippen molar-refractivity contribution in [3.05, 3.63) is 28.2 Å². The highest BCUT2D eigenvalue weighted by Gasteiger charge is 2.29. The van der Waals surface area contributed by atoms with Crippen molar-refractivity contribution in [2.45, 2.75) is 25.0 Å². The van der Waals surface area contributed by atoms with E-state index in [0.717, 1.165) is 28.8 Å². The first-order valence-electron chi connectivity index (χ1n) is 6.25. The van der Waals surface area contributed by atoms with Crippen LogP contribution in [0.5, 0.6) is 5.75 Å². The Morgan fingerprint density at radius 2 is 2.26 bits per heavy atom. The molecule has 1 aliphatic heterocycles. The summed E-state index contributed by atoms with van der Waals surface area (Å²) in [5.41, 5.74) is 0.907. The van der Waals surface area contributed by atoms with E-state index >= 15 is 0 Å². The number of hydrogen-bond acceptors (Lipinski definition) is 4. The van der Waals surface area contributed by atoms with E-state index in [4.69, 9.17) is 9.47 Å². The zero-order valence-corrected chi connectivity index (χ0v) is 12.7. The highest BCUT2D eigenvalue weighted by molar-refractivity contribution is 9.10. The predicted octanol–water partition coefficient (Wildman–Crippen LogP) is 1.95. The van der Waals surface area contributed by atoms with Crippen LogP contribution in [0.2, 0.25) is 0 Å². The lowest BCUT2D eigenvalue weighted by Crippen LogP contribution is -2.31. The summed E-state index contributed by atoms with van der Waals surface area (Å²) >= 11 is 3.42. The van der Waals surface area contributed by atoms with E-state index in [1.165, 1.54) is 0 Å². The fourth-order valence-electron chi connectivity index (χ4n) is 2.32. The molecule has 1 heterocycles. The van der Waals surface area contributed by atoms with E-state index in [9.17, 15) is 4.79 Å². The fraction of sp³-hybridized carbons (Fsp3) is 0.500. The molecule has 0 saturated carbocycles. The number of halogens is 1. The second-order valence-corrected chi connectivity index (χ2v) is 5.57. The molecular formula is C14H18BrNO3. The van der Waals surface area contributed by atoms with E-state index in [-0.39, 0.29) is 17.9 Å². The molecule has 1 aromatic carbocycles. The molecule has 0 radical (unpaired) electrons. The topological polar surface area (TPSA) is 47.6 Å². The summed E-state index contributed by atoms with van der Waals surface area (Å²) in [7, 11) is 3.29. The van der Waals surface area contributed by atoms with Gasteiger partial charge in [-0.2, -0.15) is 0 Å². The number of Topliss-reactive ketones (excluding diaryl/α,β-unsaturated/α-hetero) is 1. The van der Waals surface area contributed by atoms with Crippen molar-refractivity contribution in [3.63, 3.8) is 0 Å². The van der Waals surface area contributed by atoms with Crippen LogP contribution in [0, 0.1) is 0 Å². The van der Waals surface area contributed by atoms with E-state index < -0.39 is 0 Å². The number of ketones is 1. The lowest BCUT2D eigenvalue weighted by Gasteiger charge is -2.12. The first-order valence-corrected chi connectivity index (χ1v) is 7.04. The Labute approximate surface area is 121 Å². The van der Waals surface area contributed by atoms with Crippen molar-refractivity contribution < 1.29 is 14.3 Å². The normalized spacial score (nSPS) is 22.5. The summed E-state index contributed by atoms with van der Waals surface area (Å²) in [6, 6.07) is 5.59. The van der Waals surface area contributed by atoms with Crippen LogP contribution in [0.3, 0.4) is 0 Å². The van der Waals surface area contributed by atoms with Crippen molar-refractivity contribution in [1.82, 2.24) is 5.32 Å². The van der Waals surface area contributed by atoms with Gasteiger partial charge in [-0.3, -0.25) is 4.79 Å². The molecule has 2 atom stereocenters. The molecule has 1 saturated heterocycles. The first kappa shape index (κ1) is 14.5. The number of carbonyl (C=O) groups is 1. The third-order valence-electron chi connectivity index (χ3n) is 3.42. The zero-order valence-electron chi connectivity index (χ0n) is 11.1. The van der Waals surface area contributed by atoms with Gasteiger partial charge in [-0.1, -0.05) is 15.9 Å². The molecule has 0 spiro atoms. The van der Waals surface area contributed by atoms with Crippen LogP contribution in [0.4, 0.5) is 0 Å². The highest BCUT2D eigenvalue weighted by Crippen LogP contribution is 2.24. The second kappa shape index (κ2) is 6.50. The fourth-order valence-corrected chi connectivity index (χ4v) is 2.73. The SMILES string of the molecule is COc1ccc(Br)cc1CC(=O)C1CC(OC)CN1. The van der Waals surface area contributed by atoms with Gasteiger partial charge >= 0.3 is 0 Å². The lowest BCUT2D eigenvalue weighted by molar-refractivity contribution is -0.120. The molecule has 1 N–H and O–H groups in total. The van der Waals surface area contributed by atoms with E-state index in [1.54, 1.807) is 14.2 Å². The number of benzene rings is 1. The van der Waals surface area contributed by atoms with Crippen LogP contribution in [-0.4, -0.2) is 38.7 Å². The Balaban J connectivity index is 2.05. The number of rotatable bonds is 5. The van der Waals surface area contributed by atoms with E-state index in [2.05, 4.69) is 21.2 Å². The summed E-state index contributed by atoms with van der Waals surface area (Å²) in [5.74, 6) is 0.925. The predicted molar refractivity (Wildman–Crippen MR) is 76.6 cm³/mol. The van der Waals surface area contributed by atoms with E-state index in [1.807, 2.05) is 18.2 Å². The van der Waals surface area contributed by atoms with Gasteiger partial charge in [0.1, 0.15) is 5.75 Å². The minimum atomic E-state index is -0.117. The van der Waals surface area contributed by atoms with Crippen LogP contribution in [0.1, 0.15) is 12.0 Å². The lowest BCUT2D eigenvalue weighted by atomic mass is 10.0. The second-order valence-electron chi connectivity index (χ2n) is 4.65. The van der Waals surface area contributed by atoms with Gasteiger partial charge in [-0.05, 0) is 24.6 Å². The van der Waals surface area contributed by atoms with Crippen molar-refractivity contribution in [1.29, 1.82) is 0 Å². The Bertz CT molecular complexity index is 464.